The monoisotopic (exact) mass is 253 g/mol. The highest BCUT2D eigenvalue weighted by Crippen LogP contribution is 2.27. The van der Waals surface area contributed by atoms with Gasteiger partial charge in [-0.1, -0.05) is 15.9 Å². The van der Waals surface area contributed by atoms with Gasteiger partial charge in [0.2, 0.25) is 5.75 Å². The lowest BCUT2D eigenvalue weighted by molar-refractivity contribution is 0.398. The van der Waals surface area contributed by atoms with Crippen molar-refractivity contribution in [1.82, 2.24) is 0 Å². The summed E-state index contributed by atoms with van der Waals surface area (Å²) < 4.78 is 27.8. The summed E-state index contributed by atoms with van der Waals surface area (Å²) >= 11 is 3.03. The third kappa shape index (κ3) is 2.52. The summed E-state index contributed by atoms with van der Waals surface area (Å²) in [5.74, 6) is -0.913. The molecule has 12 heavy (non-hydrogen) atoms. The lowest BCUT2D eigenvalue weighted by Crippen LogP contribution is -1.84. The minimum Gasteiger partial charge on any atom is -0.226 e. The summed E-state index contributed by atoms with van der Waals surface area (Å²) in [6.07, 6.45) is 0. The zero-order valence-corrected chi connectivity index (χ0v) is 8.18. The molecular formula is C6H4BrFO3P+. The van der Waals surface area contributed by atoms with E-state index in [9.17, 15) is 8.96 Å². The second-order valence-electron chi connectivity index (χ2n) is 1.90. The van der Waals surface area contributed by atoms with Crippen molar-refractivity contribution in [3.05, 3.63) is 28.5 Å². The molecule has 0 saturated heterocycles. The van der Waals surface area contributed by atoms with Gasteiger partial charge in [0.05, 0.1) is 0 Å². The Balaban J connectivity index is 2.93. The number of hydrogen-bond acceptors (Lipinski definition) is 2. The predicted octanol–water partition coefficient (Wildman–Crippen LogP) is 2.62. The molecule has 3 nitrogen and oxygen atoms in total. The molecule has 0 spiro atoms. The third-order valence-corrected chi connectivity index (χ3v) is 1.92. The van der Waals surface area contributed by atoms with Crippen LogP contribution in [0.4, 0.5) is 4.39 Å². The fourth-order valence-corrected chi connectivity index (χ4v) is 1.28. The van der Waals surface area contributed by atoms with Crippen LogP contribution >= 0.6 is 24.2 Å². The van der Waals surface area contributed by atoms with Gasteiger partial charge in [-0.05, 0) is 18.2 Å². The van der Waals surface area contributed by atoms with Crippen molar-refractivity contribution in [3.8, 4) is 5.75 Å². The molecule has 0 heterocycles. The first-order valence-electron chi connectivity index (χ1n) is 2.89. The van der Waals surface area contributed by atoms with Gasteiger partial charge in [0, 0.05) is 9.04 Å². The van der Waals surface area contributed by atoms with Crippen molar-refractivity contribution < 1.29 is 18.4 Å². The van der Waals surface area contributed by atoms with Gasteiger partial charge in [0.15, 0.2) is 5.82 Å². The zero-order chi connectivity index (χ0) is 9.14. The summed E-state index contributed by atoms with van der Waals surface area (Å²) in [6, 6.07) is 3.92. The van der Waals surface area contributed by atoms with Crippen LogP contribution in [0.5, 0.6) is 5.75 Å². The predicted molar refractivity (Wildman–Crippen MR) is 44.6 cm³/mol. The van der Waals surface area contributed by atoms with E-state index in [0.717, 1.165) is 6.07 Å². The molecule has 1 aromatic carbocycles. The van der Waals surface area contributed by atoms with E-state index in [-0.39, 0.29) is 5.75 Å². The Labute approximate surface area is 77.3 Å². The molecule has 0 radical (unpaired) electrons. The van der Waals surface area contributed by atoms with Gasteiger partial charge >= 0.3 is 8.25 Å². The molecule has 1 atom stereocenters. The maximum atomic E-state index is 12.8. The Morgan fingerprint density at radius 3 is 2.75 bits per heavy atom. The van der Waals surface area contributed by atoms with Crippen LogP contribution < -0.4 is 4.52 Å². The van der Waals surface area contributed by atoms with E-state index in [1.54, 1.807) is 0 Å². The third-order valence-electron chi connectivity index (χ3n) is 1.07. The Kier molecular flexibility index (Phi) is 3.14. The smallest absolute Gasteiger partial charge is 0.226 e. The molecular weight excluding hydrogens is 250 g/mol. The summed E-state index contributed by atoms with van der Waals surface area (Å²) in [6.45, 7) is 0. The average Bonchev–Trinajstić information content (AvgIpc) is 1.94. The van der Waals surface area contributed by atoms with Crippen molar-refractivity contribution in [2.45, 2.75) is 0 Å². The summed E-state index contributed by atoms with van der Waals surface area (Å²) in [7, 11) is -2.81. The second kappa shape index (κ2) is 3.94. The highest BCUT2D eigenvalue weighted by molar-refractivity contribution is 9.10. The molecule has 0 amide bonds. The molecule has 0 saturated carbocycles. The number of hydrogen-bond donors (Lipinski definition) is 1. The van der Waals surface area contributed by atoms with E-state index in [4.69, 9.17) is 4.89 Å². The molecule has 64 valence electrons. The molecule has 0 aliphatic rings. The van der Waals surface area contributed by atoms with Crippen molar-refractivity contribution >= 4 is 24.2 Å². The zero-order valence-electron chi connectivity index (χ0n) is 5.70. The van der Waals surface area contributed by atoms with Crippen molar-refractivity contribution in [1.29, 1.82) is 0 Å². The minimum atomic E-state index is -2.81. The van der Waals surface area contributed by atoms with E-state index in [1.165, 1.54) is 12.1 Å². The standard InChI is InChI=1S/C6H3BrFO3P/c7-4-1-2-6(5(8)3-4)11-12(9)10/h1-3H/p+1. The fourth-order valence-electron chi connectivity index (χ4n) is 0.633. The van der Waals surface area contributed by atoms with Crippen LogP contribution in [-0.4, -0.2) is 4.89 Å². The SMILES string of the molecule is O=[P+](O)Oc1ccc(Br)cc1F. The molecule has 1 unspecified atom stereocenters. The average molecular weight is 254 g/mol. The van der Waals surface area contributed by atoms with Gasteiger partial charge in [-0.3, -0.25) is 0 Å². The van der Waals surface area contributed by atoms with Crippen molar-refractivity contribution in [2.24, 2.45) is 0 Å². The quantitative estimate of drug-likeness (QED) is 0.825. The van der Waals surface area contributed by atoms with Gasteiger partial charge in [-0.25, -0.2) is 8.91 Å². The van der Waals surface area contributed by atoms with E-state index in [0.29, 0.717) is 4.47 Å². The van der Waals surface area contributed by atoms with E-state index in [2.05, 4.69) is 20.5 Å². The van der Waals surface area contributed by atoms with E-state index in [1.807, 2.05) is 0 Å². The number of halogens is 2. The van der Waals surface area contributed by atoms with E-state index < -0.39 is 14.1 Å². The van der Waals surface area contributed by atoms with Crippen LogP contribution in [-0.2, 0) is 4.57 Å². The molecule has 6 heteroatoms. The molecule has 0 aliphatic carbocycles. The minimum absolute atomic E-state index is 0.234. The van der Waals surface area contributed by atoms with Crippen LogP contribution in [0, 0.1) is 5.82 Å². The topological polar surface area (TPSA) is 46.5 Å². The molecule has 0 fully saturated rings. The van der Waals surface area contributed by atoms with Crippen LogP contribution in [0.3, 0.4) is 0 Å². The maximum Gasteiger partial charge on any atom is 0.747 e. The van der Waals surface area contributed by atoms with Crippen molar-refractivity contribution in [3.63, 3.8) is 0 Å². The Bertz CT molecular complexity index is 318. The second-order valence-corrected chi connectivity index (χ2v) is 3.48. The lowest BCUT2D eigenvalue weighted by Gasteiger charge is -1.93. The molecule has 0 aliphatic heterocycles. The Hall–Kier alpha value is -0.510. The van der Waals surface area contributed by atoms with Crippen molar-refractivity contribution in [2.75, 3.05) is 0 Å². The fraction of sp³-hybridized carbons (Fsp3) is 0. The summed E-state index contributed by atoms with van der Waals surface area (Å²) in [5, 5.41) is 0. The molecule has 0 bridgehead atoms. The Morgan fingerprint density at radius 1 is 1.58 bits per heavy atom. The summed E-state index contributed by atoms with van der Waals surface area (Å²) in [5.41, 5.74) is 0. The Morgan fingerprint density at radius 2 is 2.25 bits per heavy atom. The number of rotatable bonds is 2. The highest BCUT2D eigenvalue weighted by atomic mass is 79.9. The van der Waals surface area contributed by atoms with Gasteiger partial charge in [0.1, 0.15) is 0 Å². The van der Waals surface area contributed by atoms with Crippen LogP contribution in [0.1, 0.15) is 0 Å². The highest BCUT2D eigenvalue weighted by Gasteiger charge is 2.17. The first-order valence-corrected chi connectivity index (χ1v) is 4.81. The molecule has 1 aromatic rings. The molecule has 1 N–H and O–H groups in total. The van der Waals surface area contributed by atoms with Gasteiger partial charge in [0.25, 0.3) is 0 Å². The van der Waals surface area contributed by atoms with Gasteiger partial charge in [-0.15, -0.1) is 4.89 Å². The van der Waals surface area contributed by atoms with Crippen LogP contribution in [0.15, 0.2) is 22.7 Å². The maximum absolute atomic E-state index is 12.8. The van der Waals surface area contributed by atoms with Gasteiger partial charge in [-0.2, -0.15) is 0 Å². The van der Waals surface area contributed by atoms with Crippen LogP contribution in [0.2, 0.25) is 0 Å². The molecule has 0 aromatic heterocycles. The normalized spacial score (nSPS) is 11.1. The van der Waals surface area contributed by atoms with E-state index >= 15 is 0 Å². The lowest BCUT2D eigenvalue weighted by atomic mass is 10.3. The first kappa shape index (κ1) is 9.58. The molecule has 1 rings (SSSR count). The van der Waals surface area contributed by atoms with Crippen LogP contribution in [0.25, 0.3) is 0 Å². The first-order chi connectivity index (χ1) is 5.59. The van der Waals surface area contributed by atoms with Gasteiger partial charge < -0.3 is 0 Å². The summed E-state index contributed by atoms with van der Waals surface area (Å²) in [4.78, 5) is 8.31. The largest absolute Gasteiger partial charge is 0.747 e. The number of benzene rings is 1.